The van der Waals surface area contributed by atoms with Gasteiger partial charge in [-0.05, 0) is 30.9 Å². The molecule has 1 aliphatic rings. The lowest BCUT2D eigenvalue weighted by atomic mass is 10.0. The maximum Gasteiger partial charge on any atom is 0.0399 e. The Kier molecular flexibility index (Phi) is 3.27. The van der Waals surface area contributed by atoms with Crippen LogP contribution < -0.4 is 10.6 Å². The van der Waals surface area contributed by atoms with Gasteiger partial charge in [0.1, 0.15) is 0 Å². The van der Waals surface area contributed by atoms with Crippen molar-refractivity contribution >= 4 is 5.69 Å². The van der Waals surface area contributed by atoms with Crippen molar-refractivity contribution in [3.8, 4) is 0 Å². The first-order chi connectivity index (χ1) is 7.31. The average Bonchev–Trinajstić information content (AvgIpc) is 2.29. The molecule has 1 aromatic carbocycles. The molecule has 82 valence electrons. The molecule has 2 heteroatoms. The Morgan fingerprint density at radius 1 is 1.40 bits per heavy atom. The molecule has 0 aliphatic carbocycles. The first kappa shape index (κ1) is 10.5. The summed E-state index contributed by atoms with van der Waals surface area (Å²) in [6, 6.07) is 9.02. The van der Waals surface area contributed by atoms with Crippen LogP contribution >= 0.6 is 0 Å². The largest absolute Gasteiger partial charge is 0.370 e. The smallest absolute Gasteiger partial charge is 0.0399 e. The van der Waals surface area contributed by atoms with E-state index in [9.17, 15) is 0 Å². The number of hydrogen-bond acceptors (Lipinski definition) is 2. The number of nitrogens with two attached hydrogens (primary N) is 1. The van der Waals surface area contributed by atoms with Gasteiger partial charge in [0.05, 0.1) is 0 Å². The molecule has 2 rings (SSSR count). The molecule has 1 fully saturated rings. The normalized spacial score (nSPS) is 21.7. The van der Waals surface area contributed by atoms with E-state index in [1.807, 2.05) is 0 Å². The van der Waals surface area contributed by atoms with Gasteiger partial charge in [-0.25, -0.2) is 0 Å². The summed E-state index contributed by atoms with van der Waals surface area (Å²) in [5.74, 6) is 0. The highest BCUT2D eigenvalue weighted by Gasteiger charge is 2.18. The van der Waals surface area contributed by atoms with Gasteiger partial charge in [-0.2, -0.15) is 0 Å². The second-order valence-corrected chi connectivity index (χ2v) is 4.33. The van der Waals surface area contributed by atoms with Crippen LogP contribution in [-0.2, 0) is 6.42 Å². The van der Waals surface area contributed by atoms with Crippen LogP contribution in [0.2, 0.25) is 0 Å². The predicted molar refractivity (Wildman–Crippen MR) is 65.2 cm³/mol. The second kappa shape index (κ2) is 4.67. The molecule has 0 unspecified atom stereocenters. The Balaban J connectivity index is 2.20. The lowest BCUT2D eigenvalue weighted by Crippen LogP contribution is -2.43. The van der Waals surface area contributed by atoms with E-state index >= 15 is 0 Å². The summed E-state index contributed by atoms with van der Waals surface area (Å²) in [5.41, 5.74) is 8.83. The number of aryl methyl sites for hydroxylation is 1. The number of rotatable bonds is 2. The zero-order valence-corrected chi connectivity index (χ0v) is 9.45. The quantitative estimate of drug-likeness (QED) is 0.800. The van der Waals surface area contributed by atoms with Gasteiger partial charge in [0, 0.05) is 24.8 Å². The number of piperidine rings is 1. The first-order valence-electron chi connectivity index (χ1n) is 5.89. The Bertz CT molecular complexity index is 322. The molecule has 0 bridgehead atoms. The van der Waals surface area contributed by atoms with E-state index in [0.717, 1.165) is 19.5 Å². The molecule has 0 aromatic heterocycles. The minimum atomic E-state index is 0.351. The molecule has 0 spiro atoms. The molecule has 2 N–H and O–H groups in total. The minimum absolute atomic E-state index is 0.351. The van der Waals surface area contributed by atoms with Gasteiger partial charge in [-0.3, -0.25) is 0 Å². The maximum atomic E-state index is 6.01. The maximum absolute atomic E-state index is 6.01. The fourth-order valence-electron chi connectivity index (χ4n) is 2.35. The molecule has 15 heavy (non-hydrogen) atoms. The van der Waals surface area contributed by atoms with Crippen molar-refractivity contribution in [2.75, 3.05) is 18.0 Å². The van der Waals surface area contributed by atoms with Crippen molar-refractivity contribution in [2.45, 2.75) is 32.2 Å². The highest BCUT2D eigenvalue weighted by atomic mass is 15.1. The summed E-state index contributed by atoms with van der Waals surface area (Å²) < 4.78 is 0. The van der Waals surface area contributed by atoms with E-state index in [1.54, 1.807) is 0 Å². The van der Waals surface area contributed by atoms with Gasteiger partial charge in [-0.15, -0.1) is 0 Å². The van der Waals surface area contributed by atoms with Crippen molar-refractivity contribution in [3.05, 3.63) is 29.8 Å². The molecule has 1 aromatic rings. The summed E-state index contributed by atoms with van der Waals surface area (Å²) in [4.78, 5) is 2.44. The van der Waals surface area contributed by atoms with E-state index in [0.29, 0.717) is 6.04 Å². The van der Waals surface area contributed by atoms with Gasteiger partial charge >= 0.3 is 0 Å². The van der Waals surface area contributed by atoms with Gasteiger partial charge in [0.25, 0.3) is 0 Å². The summed E-state index contributed by atoms with van der Waals surface area (Å²) in [5, 5.41) is 0. The van der Waals surface area contributed by atoms with Crippen molar-refractivity contribution in [2.24, 2.45) is 5.73 Å². The van der Waals surface area contributed by atoms with Crippen LogP contribution in [0, 0.1) is 0 Å². The van der Waals surface area contributed by atoms with Gasteiger partial charge in [0.15, 0.2) is 0 Å². The zero-order chi connectivity index (χ0) is 10.7. The Morgan fingerprint density at radius 2 is 2.20 bits per heavy atom. The topological polar surface area (TPSA) is 29.3 Å². The summed E-state index contributed by atoms with van der Waals surface area (Å²) in [6.45, 7) is 4.38. The number of benzene rings is 1. The summed E-state index contributed by atoms with van der Waals surface area (Å²) in [6.07, 6.45) is 3.49. The highest BCUT2D eigenvalue weighted by Crippen LogP contribution is 2.23. The summed E-state index contributed by atoms with van der Waals surface area (Å²) >= 11 is 0. The van der Waals surface area contributed by atoms with E-state index in [2.05, 4.69) is 36.1 Å². The molecule has 2 nitrogen and oxygen atoms in total. The van der Waals surface area contributed by atoms with E-state index < -0.39 is 0 Å². The fraction of sp³-hybridized carbons (Fsp3) is 0.538. The monoisotopic (exact) mass is 204 g/mol. The molecule has 0 saturated carbocycles. The predicted octanol–water partition coefficient (Wildman–Crippen LogP) is 2.18. The van der Waals surface area contributed by atoms with Gasteiger partial charge in [0.2, 0.25) is 0 Å². The molecule has 0 amide bonds. The van der Waals surface area contributed by atoms with E-state index in [1.165, 1.54) is 24.1 Å². The molecule has 0 radical (unpaired) electrons. The molecular formula is C13H20N2. The second-order valence-electron chi connectivity index (χ2n) is 4.33. The third kappa shape index (κ3) is 2.32. The standard InChI is InChI=1S/C13H20N2/c1-2-11-6-3-4-8-13(11)15-9-5-7-12(14)10-15/h3-4,6,8,12H,2,5,7,9-10,14H2,1H3/t12-/m0/s1. The Morgan fingerprint density at radius 3 is 2.93 bits per heavy atom. The minimum Gasteiger partial charge on any atom is -0.370 e. The van der Waals surface area contributed by atoms with Crippen molar-refractivity contribution in [3.63, 3.8) is 0 Å². The SMILES string of the molecule is CCc1ccccc1N1CCC[C@H](N)C1. The van der Waals surface area contributed by atoms with E-state index in [4.69, 9.17) is 5.73 Å². The molecular weight excluding hydrogens is 184 g/mol. The molecule has 1 saturated heterocycles. The molecule has 1 atom stereocenters. The molecule has 1 aliphatic heterocycles. The zero-order valence-electron chi connectivity index (χ0n) is 9.45. The Labute approximate surface area is 92.1 Å². The van der Waals surface area contributed by atoms with E-state index in [-0.39, 0.29) is 0 Å². The first-order valence-corrected chi connectivity index (χ1v) is 5.89. The van der Waals surface area contributed by atoms with Gasteiger partial charge < -0.3 is 10.6 Å². The lowest BCUT2D eigenvalue weighted by molar-refractivity contribution is 0.505. The Hall–Kier alpha value is -1.02. The third-order valence-corrected chi connectivity index (χ3v) is 3.17. The fourth-order valence-corrected chi connectivity index (χ4v) is 2.35. The number of hydrogen-bond donors (Lipinski definition) is 1. The van der Waals surface area contributed by atoms with Crippen LogP contribution in [0.5, 0.6) is 0 Å². The van der Waals surface area contributed by atoms with Crippen LogP contribution in [0.15, 0.2) is 24.3 Å². The third-order valence-electron chi connectivity index (χ3n) is 3.17. The van der Waals surface area contributed by atoms with Crippen LogP contribution in [0.25, 0.3) is 0 Å². The lowest BCUT2D eigenvalue weighted by Gasteiger charge is -2.33. The number of anilines is 1. The highest BCUT2D eigenvalue weighted by molar-refractivity contribution is 5.54. The van der Waals surface area contributed by atoms with Crippen LogP contribution in [0.4, 0.5) is 5.69 Å². The molecule has 1 heterocycles. The van der Waals surface area contributed by atoms with Crippen molar-refractivity contribution < 1.29 is 0 Å². The summed E-state index contributed by atoms with van der Waals surface area (Å²) in [7, 11) is 0. The van der Waals surface area contributed by atoms with Crippen LogP contribution in [-0.4, -0.2) is 19.1 Å². The number of nitrogens with zero attached hydrogens (tertiary/aromatic N) is 1. The van der Waals surface area contributed by atoms with Crippen molar-refractivity contribution in [1.82, 2.24) is 0 Å². The number of para-hydroxylation sites is 1. The van der Waals surface area contributed by atoms with Crippen LogP contribution in [0.3, 0.4) is 0 Å². The van der Waals surface area contributed by atoms with Crippen molar-refractivity contribution in [1.29, 1.82) is 0 Å². The van der Waals surface area contributed by atoms with Gasteiger partial charge in [-0.1, -0.05) is 25.1 Å². The average molecular weight is 204 g/mol. The van der Waals surface area contributed by atoms with Crippen LogP contribution in [0.1, 0.15) is 25.3 Å².